The van der Waals surface area contributed by atoms with Crippen LogP contribution in [0.4, 0.5) is 0 Å². The molecule has 1 amide bonds. The molecule has 0 N–H and O–H groups in total. The SMILES string of the molecule is COc1ccc(CC(=O)N2CC(c3nc(-c4cccnc4)no3)C2)cc1. The third kappa shape index (κ3) is 3.28. The Bertz CT molecular complexity index is 887. The summed E-state index contributed by atoms with van der Waals surface area (Å²) in [5.41, 5.74) is 1.78. The van der Waals surface area contributed by atoms with Crippen LogP contribution in [0, 0.1) is 0 Å². The van der Waals surface area contributed by atoms with Crippen LogP contribution in [-0.4, -0.2) is 46.1 Å². The fourth-order valence-corrected chi connectivity index (χ4v) is 2.88. The van der Waals surface area contributed by atoms with E-state index in [1.54, 1.807) is 19.5 Å². The molecule has 1 saturated heterocycles. The fourth-order valence-electron chi connectivity index (χ4n) is 2.88. The lowest BCUT2D eigenvalue weighted by atomic mass is 9.98. The van der Waals surface area contributed by atoms with E-state index in [1.807, 2.05) is 41.3 Å². The Morgan fingerprint density at radius 2 is 2.08 bits per heavy atom. The normalized spacial score (nSPS) is 14.1. The summed E-state index contributed by atoms with van der Waals surface area (Å²) in [6.07, 6.45) is 3.77. The summed E-state index contributed by atoms with van der Waals surface area (Å²) in [7, 11) is 1.62. The van der Waals surface area contributed by atoms with Gasteiger partial charge in [-0.2, -0.15) is 4.98 Å². The van der Waals surface area contributed by atoms with Gasteiger partial charge in [0.1, 0.15) is 5.75 Å². The molecule has 1 aliphatic rings. The number of likely N-dealkylation sites (tertiary alicyclic amines) is 1. The summed E-state index contributed by atoms with van der Waals surface area (Å²) in [4.78, 5) is 22.7. The minimum atomic E-state index is 0.0905. The van der Waals surface area contributed by atoms with Gasteiger partial charge < -0.3 is 14.2 Å². The quantitative estimate of drug-likeness (QED) is 0.702. The average molecular weight is 350 g/mol. The maximum absolute atomic E-state index is 12.4. The van der Waals surface area contributed by atoms with Gasteiger partial charge in [0.05, 0.1) is 19.4 Å². The molecule has 4 rings (SSSR count). The van der Waals surface area contributed by atoms with Crippen molar-refractivity contribution < 1.29 is 14.1 Å². The number of rotatable bonds is 5. The summed E-state index contributed by atoms with van der Waals surface area (Å²) in [5.74, 6) is 2.06. The maximum Gasteiger partial charge on any atom is 0.233 e. The molecule has 0 spiro atoms. The predicted molar refractivity (Wildman–Crippen MR) is 93.5 cm³/mol. The molecule has 0 bridgehead atoms. The Morgan fingerprint density at radius 1 is 1.27 bits per heavy atom. The van der Waals surface area contributed by atoms with Crippen LogP contribution in [0.2, 0.25) is 0 Å². The molecule has 3 aromatic rings. The first-order chi connectivity index (χ1) is 12.7. The topological polar surface area (TPSA) is 81.4 Å². The summed E-state index contributed by atoms with van der Waals surface area (Å²) in [5, 5.41) is 4.00. The van der Waals surface area contributed by atoms with Crippen molar-refractivity contribution in [3.05, 3.63) is 60.2 Å². The minimum absolute atomic E-state index is 0.0905. The van der Waals surface area contributed by atoms with Crippen LogP contribution in [-0.2, 0) is 11.2 Å². The predicted octanol–water partition coefficient (Wildman–Crippen LogP) is 2.31. The zero-order valence-electron chi connectivity index (χ0n) is 14.3. The molecule has 132 valence electrons. The van der Waals surface area contributed by atoms with Crippen LogP contribution in [0.3, 0.4) is 0 Å². The summed E-state index contributed by atoms with van der Waals surface area (Å²) < 4.78 is 10.5. The van der Waals surface area contributed by atoms with E-state index in [4.69, 9.17) is 9.26 Å². The van der Waals surface area contributed by atoms with Crippen LogP contribution in [0.15, 0.2) is 53.3 Å². The molecule has 0 radical (unpaired) electrons. The second-order valence-corrected chi connectivity index (χ2v) is 6.22. The van der Waals surface area contributed by atoms with E-state index in [9.17, 15) is 4.79 Å². The summed E-state index contributed by atoms with van der Waals surface area (Å²) in [6.45, 7) is 1.20. The third-order valence-electron chi connectivity index (χ3n) is 4.46. The smallest absolute Gasteiger partial charge is 0.233 e. The van der Waals surface area contributed by atoms with E-state index >= 15 is 0 Å². The van der Waals surface area contributed by atoms with Gasteiger partial charge in [0, 0.05) is 31.0 Å². The van der Waals surface area contributed by atoms with E-state index in [0.717, 1.165) is 16.9 Å². The number of aromatic nitrogens is 3. The largest absolute Gasteiger partial charge is 0.497 e. The first-order valence-corrected chi connectivity index (χ1v) is 8.37. The Labute approximate surface area is 150 Å². The zero-order chi connectivity index (χ0) is 17.9. The molecule has 7 heteroatoms. The number of benzene rings is 1. The van der Waals surface area contributed by atoms with Crippen molar-refractivity contribution in [2.24, 2.45) is 0 Å². The molecule has 1 aliphatic heterocycles. The van der Waals surface area contributed by atoms with Crippen molar-refractivity contribution in [3.8, 4) is 17.1 Å². The Kier molecular flexibility index (Phi) is 4.35. The highest BCUT2D eigenvalue weighted by molar-refractivity contribution is 5.79. The number of pyridine rings is 1. The lowest BCUT2D eigenvalue weighted by molar-refractivity contribution is -0.135. The van der Waals surface area contributed by atoms with E-state index in [-0.39, 0.29) is 11.8 Å². The number of carbonyl (C=O) groups is 1. The number of hydrogen-bond acceptors (Lipinski definition) is 6. The Balaban J connectivity index is 1.33. The number of nitrogens with zero attached hydrogens (tertiary/aromatic N) is 4. The average Bonchev–Trinajstić information content (AvgIpc) is 3.11. The monoisotopic (exact) mass is 350 g/mol. The third-order valence-corrected chi connectivity index (χ3v) is 4.46. The number of methoxy groups -OCH3 is 1. The minimum Gasteiger partial charge on any atom is -0.497 e. The Morgan fingerprint density at radius 3 is 2.77 bits per heavy atom. The lowest BCUT2D eigenvalue weighted by Crippen LogP contribution is -2.49. The second kappa shape index (κ2) is 6.95. The van der Waals surface area contributed by atoms with Gasteiger partial charge in [-0.3, -0.25) is 9.78 Å². The number of amides is 1. The first kappa shape index (κ1) is 16.3. The van der Waals surface area contributed by atoms with Crippen molar-refractivity contribution in [2.45, 2.75) is 12.3 Å². The fraction of sp³-hybridized carbons (Fsp3) is 0.263. The Hall–Kier alpha value is -3.22. The summed E-state index contributed by atoms with van der Waals surface area (Å²) in [6, 6.07) is 11.2. The van der Waals surface area contributed by atoms with E-state index in [0.29, 0.717) is 31.2 Å². The highest BCUT2D eigenvalue weighted by atomic mass is 16.5. The molecule has 0 atom stereocenters. The zero-order valence-corrected chi connectivity index (χ0v) is 14.3. The van der Waals surface area contributed by atoms with Crippen molar-refractivity contribution in [3.63, 3.8) is 0 Å². The van der Waals surface area contributed by atoms with Gasteiger partial charge in [0.15, 0.2) is 0 Å². The van der Waals surface area contributed by atoms with Gasteiger partial charge in [-0.05, 0) is 29.8 Å². The second-order valence-electron chi connectivity index (χ2n) is 6.22. The van der Waals surface area contributed by atoms with Gasteiger partial charge in [-0.15, -0.1) is 0 Å². The van der Waals surface area contributed by atoms with Crippen molar-refractivity contribution in [2.75, 3.05) is 20.2 Å². The lowest BCUT2D eigenvalue weighted by Gasteiger charge is -2.37. The molecule has 3 heterocycles. The van der Waals surface area contributed by atoms with Crippen LogP contribution < -0.4 is 4.74 Å². The summed E-state index contributed by atoms with van der Waals surface area (Å²) >= 11 is 0. The van der Waals surface area contributed by atoms with Crippen LogP contribution in [0.25, 0.3) is 11.4 Å². The van der Waals surface area contributed by atoms with Gasteiger partial charge in [-0.25, -0.2) is 0 Å². The molecule has 2 aromatic heterocycles. The molecule has 0 saturated carbocycles. The van der Waals surface area contributed by atoms with Gasteiger partial charge in [0.2, 0.25) is 17.6 Å². The highest BCUT2D eigenvalue weighted by Gasteiger charge is 2.35. The van der Waals surface area contributed by atoms with Crippen molar-refractivity contribution in [1.82, 2.24) is 20.0 Å². The van der Waals surface area contributed by atoms with Crippen molar-refractivity contribution >= 4 is 5.91 Å². The molecule has 0 aliphatic carbocycles. The first-order valence-electron chi connectivity index (χ1n) is 8.37. The molecular formula is C19H18N4O3. The van der Waals surface area contributed by atoms with Crippen LogP contribution in [0.1, 0.15) is 17.4 Å². The van der Waals surface area contributed by atoms with E-state index in [2.05, 4.69) is 15.1 Å². The molecule has 1 aromatic carbocycles. The van der Waals surface area contributed by atoms with Gasteiger partial charge >= 0.3 is 0 Å². The number of carbonyl (C=O) groups excluding carboxylic acids is 1. The molecule has 26 heavy (non-hydrogen) atoms. The molecule has 7 nitrogen and oxygen atoms in total. The maximum atomic E-state index is 12.4. The molecule has 0 unspecified atom stereocenters. The van der Waals surface area contributed by atoms with Crippen LogP contribution in [0.5, 0.6) is 5.75 Å². The van der Waals surface area contributed by atoms with E-state index < -0.39 is 0 Å². The standard InChI is InChI=1S/C19H18N4O3/c1-25-16-6-4-13(5-7-16)9-17(24)23-11-15(12-23)19-21-18(22-26-19)14-3-2-8-20-10-14/h2-8,10,15H,9,11-12H2,1H3. The number of ether oxygens (including phenoxy) is 1. The molecule has 1 fully saturated rings. The molecular weight excluding hydrogens is 332 g/mol. The van der Waals surface area contributed by atoms with E-state index in [1.165, 1.54) is 0 Å². The van der Waals surface area contributed by atoms with Crippen LogP contribution >= 0.6 is 0 Å². The number of hydrogen-bond donors (Lipinski definition) is 0. The highest BCUT2D eigenvalue weighted by Crippen LogP contribution is 2.28. The van der Waals surface area contributed by atoms with Crippen molar-refractivity contribution in [1.29, 1.82) is 0 Å². The van der Waals surface area contributed by atoms with Gasteiger partial charge in [0.25, 0.3) is 0 Å². The van der Waals surface area contributed by atoms with Gasteiger partial charge in [-0.1, -0.05) is 17.3 Å².